The Labute approximate surface area is 127 Å². The van der Waals surface area contributed by atoms with E-state index in [4.69, 9.17) is 5.41 Å². The molecule has 0 saturated carbocycles. The number of dihydropyridines is 1. The summed E-state index contributed by atoms with van der Waals surface area (Å²) in [4.78, 5) is 1.80. The van der Waals surface area contributed by atoms with Crippen LogP contribution < -0.4 is 5.32 Å². The zero-order valence-electron chi connectivity index (χ0n) is 12.2. The van der Waals surface area contributed by atoms with Crippen molar-refractivity contribution < 1.29 is 13.2 Å². The largest absolute Gasteiger partial charge is 0.417 e. The second kappa shape index (κ2) is 6.26. The molecule has 0 spiro atoms. The molecule has 2 heterocycles. The first-order valence-electron chi connectivity index (χ1n) is 7.03. The molecule has 0 radical (unpaired) electrons. The van der Waals surface area contributed by atoms with Gasteiger partial charge in [0.05, 0.1) is 11.3 Å². The van der Waals surface area contributed by atoms with Crippen molar-refractivity contribution in [3.63, 3.8) is 0 Å². The van der Waals surface area contributed by atoms with Gasteiger partial charge in [0.25, 0.3) is 0 Å². The van der Waals surface area contributed by atoms with Crippen LogP contribution in [0.25, 0.3) is 0 Å². The lowest BCUT2D eigenvalue weighted by atomic mass is 9.98. The van der Waals surface area contributed by atoms with E-state index in [1.807, 2.05) is 6.07 Å². The average molecular weight is 310 g/mol. The Bertz CT molecular complexity index is 585. The maximum Gasteiger partial charge on any atom is 0.417 e. The van der Waals surface area contributed by atoms with Gasteiger partial charge in [0.1, 0.15) is 17.5 Å². The van der Waals surface area contributed by atoms with Crippen molar-refractivity contribution in [3.8, 4) is 6.07 Å². The molecular weight excluding hydrogens is 293 g/mol. The number of rotatable bonds is 1. The third kappa shape index (κ3) is 3.50. The Morgan fingerprint density at radius 3 is 2.45 bits per heavy atom. The van der Waals surface area contributed by atoms with Gasteiger partial charge in [-0.25, -0.2) is 0 Å². The molecule has 0 aromatic carbocycles. The molecule has 2 aliphatic rings. The van der Waals surface area contributed by atoms with Gasteiger partial charge in [0.15, 0.2) is 0 Å². The van der Waals surface area contributed by atoms with Gasteiger partial charge in [-0.2, -0.15) is 18.4 Å². The smallest absolute Gasteiger partial charge is 0.360 e. The molecule has 0 unspecified atom stereocenters. The zero-order chi connectivity index (χ0) is 16.3. The molecular formula is C15H17F3N4. The molecule has 7 heteroatoms. The molecule has 118 valence electrons. The molecule has 0 aromatic heterocycles. The molecule has 2 aliphatic heterocycles. The van der Waals surface area contributed by atoms with Crippen molar-refractivity contribution in [1.82, 2.24) is 10.2 Å². The average Bonchev–Trinajstić information content (AvgIpc) is 2.48. The second-order valence-electron chi connectivity index (χ2n) is 5.49. The fraction of sp³-hybridized carbons (Fsp3) is 0.467. The number of alkyl halides is 3. The van der Waals surface area contributed by atoms with Crippen LogP contribution in [0.2, 0.25) is 0 Å². The molecule has 0 amide bonds. The Kier molecular flexibility index (Phi) is 4.59. The zero-order valence-corrected chi connectivity index (χ0v) is 12.2. The third-order valence-electron chi connectivity index (χ3n) is 3.86. The van der Waals surface area contributed by atoms with E-state index in [1.165, 1.54) is 6.08 Å². The van der Waals surface area contributed by atoms with Crippen molar-refractivity contribution in [2.75, 3.05) is 13.1 Å². The quantitative estimate of drug-likeness (QED) is 0.444. The van der Waals surface area contributed by atoms with Crippen molar-refractivity contribution in [1.29, 1.82) is 10.7 Å². The molecule has 2 N–H and O–H groups in total. The van der Waals surface area contributed by atoms with Crippen LogP contribution in [0.15, 0.2) is 35.2 Å². The number of nitrogens with zero attached hydrogens (tertiary/aromatic N) is 2. The highest BCUT2D eigenvalue weighted by Gasteiger charge is 2.33. The highest BCUT2D eigenvalue weighted by Crippen LogP contribution is 2.28. The second-order valence-corrected chi connectivity index (χ2v) is 5.49. The van der Waals surface area contributed by atoms with E-state index in [0.717, 1.165) is 25.1 Å². The fourth-order valence-electron chi connectivity index (χ4n) is 2.39. The van der Waals surface area contributed by atoms with Crippen LogP contribution in [0.1, 0.15) is 19.8 Å². The van der Waals surface area contributed by atoms with Crippen LogP contribution in [0, 0.1) is 22.7 Å². The standard InChI is InChI=1S/C15H17F3N4/c1-10-4-6-22(7-5-10)14(20)12(8-19)13-3-2-11(9-21-13)15(16,17)18/h2-3,9-10,20-21H,4-7H2,1H3/b13-12+,20-14?. The molecule has 0 atom stereocenters. The van der Waals surface area contributed by atoms with Crippen LogP contribution in [0.4, 0.5) is 13.2 Å². The summed E-state index contributed by atoms with van der Waals surface area (Å²) in [6.07, 6.45) is 0.378. The maximum absolute atomic E-state index is 12.5. The van der Waals surface area contributed by atoms with Crippen molar-refractivity contribution in [3.05, 3.63) is 35.2 Å². The lowest BCUT2D eigenvalue weighted by molar-refractivity contribution is -0.0886. The molecule has 0 bridgehead atoms. The fourth-order valence-corrected chi connectivity index (χ4v) is 2.39. The summed E-state index contributed by atoms with van der Waals surface area (Å²) in [5, 5.41) is 19.9. The van der Waals surface area contributed by atoms with Crippen LogP contribution in [-0.2, 0) is 0 Å². The minimum atomic E-state index is -4.43. The van der Waals surface area contributed by atoms with Gasteiger partial charge in [0, 0.05) is 19.3 Å². The van der Waals surface area contributed by atoms with Crippen LogP contribution >= 0.6 is 0 Å². The molecule has 2 rings (SSSR count). The number of likely N-dealkylation sites (tertiary alicyclic amines) is 1. The number of hydrogen-bond acceptors (Lipinski definition) is 3. The number of nitrogens with one attached hydrogen (secondary N) is 2. The van der Waals surface area contributed by atoms with E-state index in [-0.39, 0.29) is 17.1 Å². The normalized spacial score (nSPS) is 21.8. The predicted molar refractivity (Wildman–Crippen MR) is 76.8 cm³/mol. The number of piperidine rings is 1. The van der Waals surface area contributed by atoms with Crippen LogP contribution in [0.5, 0.6) is 0 Å². The summed E-state index contributed by atoms with van der Waals surface area (Å²) in [6, 6.07) is 1.92. The van der Waals surface area contributed by atoms with E-state index >= 15 is 0 Å². The summed E-state index contributed by atoms with van der Waals surface area (Å²) in [5.74, 6) is 0.651. The van der Waals surface area contributed by atoms with Gasteiger partial charge in [0.2, 0.25) is 0 Å². The maximum atomic E-state index is 12.5. The number of nitriles is 1. The highest BCUT2D eigenvalue weighted by atomic mass is 19.4. The predicted octanol–water partition coefficient (Wildman–Crippen LogP) is 3.08. The van der Waals surface area contributed by atoms with Gasteiger partial charge < -0.3 is 10.2 Å². The Balaban J connectivity index is 2.16. The molecule has 0 aromatic rings. The Hall–Kier alpha value is -2.23. The van der Waals surface area contributed by atoms with Crippen LogP contribution in [-0.4, -0.2) is 30.0 Å². The van der Waals surface area contributed by atoms with Crippen molar-refractivity contribution in [2.24, 2.45) is 5.92 Å². The highest BCUT2D eigenvalue weighted by molar-refractivity contribution is 6.00. The molecule has 1 saturated heterocycles. The van der Waals surface area contributed by atoms with Crippen molar-refractivity contribution in [2.45, 2.75) is 25.9 Å². The summed E-state index contributed by atoms with van der Waals surface area (Å²) in [7, 11) is 0. The monoisotopic (exact) mass is 310 g/mol. The van der Waals surface area contributed by atoms with Gasteiger partial charge in [-0.1, -0.05) is 6.92 Å². The van der Waals surface area contributed by atoms with Gasteiger partial charge in [-0.05, 0) is 30.9 Å². The summed E-state index contributed by atoms with van der Waals surface area (Å²) < 4.78 is 37.6. The number of hydrogen-bond donors (Lipinski definition) is 2. The topological polar surface area (TPSA) is 62.9 Å². The van der Waals surface area contributed by atoms with E-state index in [9.17, 15) is 18.4 Å². The minimum absolute atomic E-state index is 0.0586. The van der Waals surface area contributed by atoms with Crippen molar-refractivity contribution >= 4 is 5.84 Å². The molecule has 0 aliphatic carbocycles. The summed E-state index contributed by atoms with van der Waals surface area (Å²) in [5.41, 5.74) is -0.533. The first-order valence-corrected chi connectivity index (χ1v) is 7.03. The van der Waals surface area contributed by atoms with Gasteiger partial charge in [-0.3, -0.25) is 5.41 Å². The molecule has 4 nitrogen and oxygen atoms in total. The first kappa shape index (κ1) is 16.1. The van der Waals surface area contributed by atoms with Gasteiger partial charge in [-0.15, -0.1) is 0 Å². The minimum Gasteiger partial charge on any atom is -0.360 e. The first-order chi connectivity index (χ1) is 10.3. The Morgan fingerprint density at radius 1 is 1.36 bits per heavy atom. The number of amidine groups is 1. The van der Waals surface area contributed by atoms with E-state index in [0.29, 0.717) is 19.0 Å². The van der Waals surface area contributed by atoms with Crippen LogP contribution in [0.3, 0.4) is 0 Å². The van der Waals surface area contributed by atoms with E-state index in [2.05, 4.69) is 12.2 Å². The SMILES string of the molecule is CC1CCN(C(=N)/C(C#N)=C2\C=CC(C(F)(F)F)=CN2)CC1. The van der Waals surface area contributed by atoms with Gasteiger partial charge >= 0.3 is 6.18 Å². The summed E-state index contributed by atoms with van der Waals surface area (Å²) >= 11 is 0. The summed E-state index contributed by atoms with van der Waals surface area (Å²) in [6.45, 7) is 3.51. The third-order valence-corrected chi connectivity index (χ3v) is 3.86. The number of halogens is 3. The lowest BCUT2D eigenvalue weighted by Crippen LogP contribution is -2.39. The Morgan fingerprint density at radius 2 is 2.00 bits per heavy atom. The lowest BCUT2D eigenvalue weighted by Gasteiger charge is -2.32. The number of allylic oxidation sites excluding steroid dienone is 3. The van der Waals surface area contributed by atoms with E-state index < -0.39 is 11.7 Å². The molecule has 1 fully saturated rings. The molecule has 22 heavy (non-hydrogen) atoms. The van der Waals surface area contributed by atoms with E-state index in [1.54, 1.807) is 4.90 Å².